The van der Waals surface area contributed by atoms with Crippen molar-refractivity contribution >= 4 is 39.9 Å². The van der Waals surface area contributed by atoms with E-state index in [9.17, 15) is 14.0 Å². The smallest absolute Gasteiger partial charge is 0.252 e. The molecule has 0 radical (unpaired) electrons. The van der Waals surface area contributed by atoms with Crippen LogP contribution in [0.25, 0.3) is 10.8 Å². The molecule has 0 aliphatic rings. The maximum atomic E-state index is 14.4. The molecule has 2 amide bonds. The first-order chi connectivity index (χ1) is 13.4. The van der Waals surface area contributed by atoms with E-state index in [-0.39, 0.29) is 17.2 Å². The zero-order valence-electron chi connectivity index (χ0n) is 15.2. The molecule has 1 atom stereocenters. The van der Waals surface area contributed by atoms with Crippen molar-refractivity contribution in [1.29, 1.82) is 0 Å². The summed E-state index contributed by atoms with van der Waals surface area (Å²) in [6, 6.07) is 13.5. The van der Waals surface area contributed by atoms with Crippen LogP contribution in [0, 0.1) is 5.82 Å². The first kappa shape index (κ1) is 19.1. The van der Waals surface area contributed by atoms with Crippen LogP contribution in [0.2, 0.25) is 0 Å². The highest BCUT2D eigenvalue weighted by atomic mass is 19.1. The number of primary amides is 2. The Morgan fingerprint density at radius 2 is 1.79 bits per heavy atom. The summed E-state index contributed by atoms with van der Waals surface area (Å²) >= 11 is 0. The van der Waals surface area contributed by atoms with E-state index in [0.717, 1.165) is 16.8 Å². The highest BCUT2D eigenvalue weighted by molar-refractivity contribution is 5.99. The van der Waals surface area contributed by atoms with Gasteiger partial charge in [-0.15, -0.1) is 0 Å². The maximum absolute atomic E-state index is 14.4. The summed E-state index contributed by atoms with van der Waals surface area (Å²) in [5, 5.41) is 7.69. The van der Waals surface area contributed by atoms with E-state index in [2.05, 4.69) is 15.6 Å². The summed E-state index contributed by atoms with van der Waals surface area (Å²) in [6.45, 7) is 1.73. The van der Waals surface area contributed by atoms with Crippen molar-refractivity contribution in [2.24, 2.45) is 11.5 Å². The minimum atomic E-state index is -0.830. The minimum absolute atomic E-state index is 0.0750. The van der Waals surface area contributed by atoms with Gasteiger partial charge in [0.1, 0.15) is 11.9 Å². The summed E-state index contributed by atoms with van der Waals surface area (Å²) in [5.41, 5.74) is 11.2. The summed E-state index contributed by atoms with van der Waals surface area (Å²) < 4.78 is 14.4. The second-order valence-electron chi connectivity index (χ2n) is 6.27. The standard InChI is InChI=1S/C20H20FN5O2/c1-2-16(18(23)28)25-20-15(21)10-14(17(22)27)19(26-20)24-13-8-7-11-5-3-4-6-12(11)9-13/h3-10,16H,2H2,1H3,(H2,22,27)(H2,23,28)(H2,24,25,26)/t16-/m1/s1. The second-order valence-corrected chi connectivity index (χ2v) is 6.27. The number of amides is 2. The Morgan fingerprint density at radius 3 is 2.43 bits per heavy atom. The summed E-state index contributed by atoms with van der Waals surface area (Å²) in [7, 11) is 0. The van der Waals surface area contributed by atoms with Gasteiger partial charge in [0.15, 0.2) is 11.6 Å². The molecule has 0 aliphatic heterocycles. The molecule has 0 saturated heterocycles. The quantitative estimate of drug-likeness (QED) is 0.501. The van der Waals surface area contributed by atoms with Gasteiger partial charge < -0.3 is 22.1 Å². The van der Waals surface area contributed by atoms with Crippen LogP contribution >= 0.6 is 0 Å². The summed E-state index contributed by atoms with van der Waals surface area (Å²) in [5.74, 6) is -2.39. The van der Waals surface area contributed by atoms with Crippen LogP contribution < -0.4 is 22.1 Å². The summed E-state index contributed by atoms with van der Waals surface area (Å²) in [4.78, 5) is 27.3. The van der Waals surface area contributed by atoms with Crippen LogP contribution in [-0.2, 0) is 4.79 Å². The number of hydrogen-bond acceptors (Lipinski definition) is 5. The van der Waals surface area contributed by atoms with Gasteiger partial charge in [-0.25, -0.2) is 9.37 Å². The predicted octanol–water partition coefficient (Wildman–Crippen LogP) is 2.89. The van der Waals surface area contributed by atoms with Gasteiger partial charge >= 0.3 is 0 Å². The van der Waals surface area contributed by atoms with Crippen molar-refractivity contribution in [2.75, 3.05) is 10.6 Å². The van der Waals surface area contributed by atoms with Crippen molar-refractivity contribution in [1.82, 2.24) is 4.98 Å². The molecule has 0 saturated carbocycles. The van der Waals surface area contributed by atoms with Gasteiger partial charge in [0.2, 0.25) is 5.91 Å². The third-order valence-corrected chi connectivity index (χ3v) is 4.32. The highest BCUT2D eigenvalue weighted by Gasteiger charge is 2.20. The molecule has 3 rings (SSSR count). The molecular formula is C20H20FN5O2. The van der Waals surface area contributed by atoms with E-state index in [1.54, 1.807) is 6.92 Å². The molecule has 1 heterocycles. The Balaban J connectivity index is 2.00. The van der Waals surface area contributed by atoms with Gasteiger partial charge in [-0.2, -0.15) is 0 Å². The molecule has 3 aromatic rings. The van der Waals surface area contributed by atoms with Crippen molar-refractivity contribution < 1.29 is 14.0 Å². The van der Waals surface area contributed by atoms with Crippen LogP contribution in [0.1, 0.15) is 23.7 Å². The Morgan fingerprint density at radius 1 is 1.07 bits per heavy atom. The lowest BCUT2D eigenvalue weighted by Gasteiger charge is -2.17. The number of pyridine rings is 1. The van der Waals surface area contributed by atoms with Crippen LogP contribution in [0.4, 0.5) is 21.7 Å². The van der Waals surface area contributed by atoms with E-state index in [1.165, 1.54) is 0 Å². The SMILES string of the molecule is CC[C@@H](Nc1nc(Nc2ccc3ccccc3c2)c(C(N)=O)cc1F)C(N)=O. The molecule has 2 aromatic carbocycles. The topological polar surface area (TPSA) is 123 Å². The van der Waals surface area contributed by atoms with E-state index in [4.69, 9.17) is 11.5 Å². The maximum Gasteiger partial charge on any atom is 0.252 e. The van der Waals surface area contributed by atoms with Crippen LogP contribution in [-0.4, -0.2) is 22.8 Å². The van der Waals surface area contributed by atoms with Gasteiger partial charge in [-0.3, -0.25) is 9.59 Å². The van der Waals surface area contributed by atoms with E-state index < -0.39 is 23.7 Å². The number of nitrogens with one attached hydrogen (secondary N) is 2. The first-order valence-corrected chi connectivity index (χ1v) is 8.71. The van der Waals surface area contributed by atoms with Crippen molar-refractivity contribution in [3.63, 3.8) is 0 Å². The molecule has 144 valence electrons. The zero-order chi connectivity index (χ0) is 20.3. The normalized spacial score (nSPS) is 11.8. The summed E-state index contributed by atoms with van der Waals surface area (Å²) in [6.07, 6.45) is 0.349. The Bertz CT molecular complexity index is 1050. The minimum Gasteiger partial charge on any atom is -0.368 e. The number of nitrogens with two attached hydrogens (primary N) is 2. The molecule has 8 heteroatoms. The number of carbonyl (C=O) groups is 2. The average Bonchev–Trinajstić information content (AvgIpc) is 2.67. The second kappa shape index (κ2) is 7.91. The molecule has 0 aliphatic carbocycles. The number of rotatable bonds is 7. The fraction of sp³-hybridized carbons (Fsp3) is 0.150. The number of carbonyl (C=O) groups excluding carboxylic acids is 2. The first-order valence-electron chi connectivity index (χ1n) is 8.71. The molecule has 0 unspecified atom stereocenters. The number of aromatic nitrogens is 1. The number of nitrogens with zero attached hydrogens (tertiary/aromatic N) is 1. The lowest BCUT2D eigenvalue weighted by molar-refractivity contribution is -0.118. The van der Waals surface area contributed by atoms with Crippen LogP contribution in [0.3, 0.4) is 0 Å². The molecule has 1 aromatic heterocycles. The lowest BCUT2D eigenvalue weighted by Crippen LogP contribution is -2.35. The third kappa shape index (κ3) is 4.01. The molecule has 0 spiro atoms. The van der Waals surface area contributed by atoms with Gasteiger partial charge in [0.25, 0.3) is 5.91 Å². The number of hydrogen-bond donors (Lipinski definition) is 4. The van der Waals surface area contributed by atoms with Crippen LogP contribution in [0.5, 0.6) is 0 Å². The van der Waals surface area contributed by atoms with E-state index in [0.29, 0.717) is 12.1 Å². The molecule has 6 N–H and O–H groups in total. The van der Waals surface area contributed by atoms with Gasteiger partial charge in [0, 0.05) is 5.69 Å². The fourth-order valence-corrected chi connectivity index (χ4v) is 2.82. The highest BCUT2D eigenvalue weighted by Crippen LogP contribution is 2.26. The number of benzene rings is 2. The molecule has 0 bridgehead atoms. The van der Waals surface area contributed by atoms with E-state index >= 15 is 0 Å². The third-order valence-electron chi connectivity index (χ3n) is 4.32. The molecule has 7 nitrogen and oxygen atoms in total. The fourth-order valence-electron chi connectivity index (χ4n) is 2.82. The number of anilines is 3. The average molecular weight is 381 g/mol. The van der Waals surface area contributed by atoms with Crippen molar-refractivity contribution in [3.05, 3.63) is 59.9 Å². The Kier molecular flexibility index (Phi) is 5.39. The molecule has 28 heavy (non-hydrogen) atoms. The largest absolute Gasteiger partial charge is 0.368 e. The lowest BCUT2D eigenvalue weighted by atomic mass is 10.1. The van der Waals surface area contributed by atoms with E-state index in [1.807, 2.05) is 42.5 Å². The zero-order valence-corrected chi connectivity index (χ0v) is 15.2. The predicted molar refractivity (Wildman–Crippen MR) is 107 cm³/mol. The number of halogens is 1. The van der Waals surface area contributed by atoms with Crippen molar-refractivity contribution in [2.45, 2.75) is 19.4 Å². The monoisotopic (exact) mass is 381 g/mol. The molecular weight excluding hydrogens is 361 g/mol. The van der Waals surface area contributed by atoms with Crippen molar-refractivity contribution in [3.8, 4) is 0 Å². The van der Waals surface area contributed by atoms with Crippen LogP contribution in [0.15, 0.2) is 48.5 Å². The van der Waals surface area contributed by atoms with Gasteiger partial charge in [0.05, 0.1) is 5.56 Å². The number of fused-ring (bicyclic) bond motifs is 1. The van der Waals surface area contributed by atoms with Gasteiger partial charge in [-0.05, 0) is 35.4 Å². The Hall–Kier alpha value is -3.68. The Labute approximate surface area is 160 Å². The molecule has 0 fully saturated rings. The van der Waals surface area contributed by atoms with Gasteiger partial charge in [-0.1, -0.05) is 37.3 Å².